The molecule has 0 unspecified atom stereocenters. The van der Waals surface area contributed by atoms with Gasteiger partial charge in [0.15, 0.2) is 0 Å². The van der Waals surface area contributed by atoms with Crippen molar-refractivity contribution in [1.29, 1.82) is 0 Å². The first kappa shape index (κ1) is 19.1. The molecule has 2 heterocycles. The summed E-state index contributed by atoms with van der Waals surface area (Å²) in [5.74, 6) is -0.0236. The number of anilines is 1. The fraction of sp³-hybridized carbons (Fsp3) is 0.231. The van der Waals surface area contributed by atoms with Gasteiger partial charge in [-0.2, -0.15) is 0 Å². The van der Waals surface area contributed by atoms with E-state index in [9.17, 15) is 4.79 Å². The van der Waals surface area contributed by atoms with Gasteiger partial charge in [-0.25, -0.2) is 4.99 Å². The molecule has 0 N–H and O–H groups in total. The van der Waals surface area contributed by atoms with E-state index in [1.54, 1.807) is 0 Å². The summed E-state index contributed by atoms with van der Waals surface area (Å²) in [5.41, 5.74) is 4.98. The molecular weight excluding hydrogens is 392 g/mol. The van der Waals surface area contributed by atoms with Gasteiger partial charge >= 0.3 is 0 Å². The molecule has 2 aliphatic rings. The quantitative estimate of drug-likeness (QED) is 0.484. The van der Waals surface area contributed by atoms with E-state index in [0.717, 1.165) is 33.9 Å². The predicted octanol–water partition coefficient (Wildman–Crippen LogP) is 6.30. The Kier molecular flexibility index (Phi) is 4.16. The highest BCUT2D eigenvalue weighted by molar-refractivity contribution is 6.55. The zero-order valence-electron chi connectivity index (χ0n) is 17.3. The zero-order valence-corrected chi connectivity index (χ0v) is 18.1. The van der Waals surface area contributed by atoms with Crippen molar-refractivity contribution in [3.8, 4) is 0 Å². The molecule has 0 fully saturated rings. The van der Waals surface area contributed by atoms with Crippen molar-refractivity contribution < 1.29 is 4.79 Å². The van der Waals surface area contributed by atoms with E-state index >= 15 is 0 Å². The number of para-hydroxylation sites is 2. The number of rotatable bonds is 2. The second-order valence-corrected chi connectivity index (χ2v) is 9.40. The van der Waals surface area contributed by atoms with Gasteiger partial charge in [0, 0.05) is 21.5 Å². The van der Waals surface area contributed by atoms with Crippen molar-refractivity contribution >= 4 is 34.6 Å². The number of benzene rings is 3. The Bertz CT molecular complexity index is 1180. The number of carbonyl (C=O) groups excluding carboxylic acids is 1. The van der Waals surface area contributed by atoms with Crippen LogP contribution in [0, 0.1) is 0 Å². The summed E-state index contributed by atoms with van der Waals surface area (Å²) in [6, 6.07) is 24.0. The average Bonchev–Trinajstić information content (AvgIpc) is 3.00. The van der Waals surface area contributed by atoms with Gasteiger partial charge in [-0.15, -0.1) is 0 Å². The van der Waals surface area contributed by atoms with E-state index in [4.69, 9.17) is 16.6 Å². The first-order chi connectivity index (χ1) is 14.3. The highest BCUT2D eigenvalue weighted by Crippen LogP contribution is 2.54. The molecule has 1 atom stereocenters. The molecule has 0 bridgehead atoms. The molecule has 30 heavy (non-hydrogen) atoms. The third kappa shape index (κ3) is 2.73. The summed E-state index contributed by atoms with van der Waals surface area (Å²) < 4.78 is 0. The minimum Gasteiger partial charge on any atom is -0.300 e. The third-order valence-corrected chi connectivity index (χ3v) is 6.64. The predicted molar refractivity (Wildman–Crippen MR) is 123 cm³/mol. The standard InChI is InChI=1S/C26H23ClN2O/c1-25(2)16-26(3,17-12-14-18(27)15-13-17)21-11-7-10-20-22(24(30)29(25)23(20)21)28-19-8-5-4-6-9-19/h4-15H,16H2,1-3H3/t26-/m1/s1. The van der Waals surface area contributed by atoms with Gasteiger partial charge in [0.25, 0.3) is 5.91 Å². The van der Waals surface area contributed by atoms with E-state index in [1.807, 2.05) is 59.5 Å². The molecule has 1 amide bonds. The summed E-state index contributed by atoms with van der Waals surface area (Å²) in [7, 11) is 0. The third-order valence-electron chi connectivity index (χ3n) is 6.38. The minimum absolute atomic E-state index is 0.0236. The van der Waals surface area contributed by atoms with Crippen LogP contribution in [0.4, 0.5) is 11.4 Å². The monoisotopic (exact) mass is 414 g/mol. The maximum atomic E-state index is 13.6. The Morgan fingerprint density at radius 3 is 2.30 bits per heavy atom. The van der Waals surface area contributed by atoms with E-state index in [2.05, 4.69) is 39.0 Å². The van der Waals surface area contributed by atoms with Crippen molar-refractivity contribution in [3.05, 3.63) is 94.5 Å². The van der Waals surface area contributed by atoms with Crippen molar-refractivity contribution in [2.75, 3.05) is 4.90 Å². The summed E-state index contributed by atoms with van der Waals surface area (Å²) in [6.45, 7) is 6.55. The van der Waals surface area contributed by atoms with Crippen molar-refractivity contribution in [3.63, 3.8) is 0 Å². The highest BCUT2D eigenvalue weighted by atomic mass is 35.5. The van der Waals surface area contributed by atoms with Crippen LogP contribution in [0.3, 0.4) is 0 Å². The molecule has 3 nitrogen and oxygen atoms in total. The van der Waals surface area contributed by atoms with Gasteiger partial charge in [0.2, 0.25) is 0 Å². The van der Waals surface area contributed by atoms with Crippen LogP contribution in [0.2, 0.25) is 5.02 Å². The van der Waals surface area contributed by atoms with E-state index in [0.29, 0.717) is 5.71 Å². The lowest BCUT2D eigenvalue weighted by Gasteiger charge is -2.49. The van der Waals surface area contributed by atoms with Crippen molar-refractivity contribution in [2.24, 2.45) is 4.99 Å². The second kappa shape index (κ2) is 6.55. The smallest absolute Gasteiger partial charge is 0.278 e. The minimum atomic E-state index is -0.359. The lowest BCUT2D eigenvalue weighted by atomic mass is 9.65. The second-order valence-electron chi connectivity index (χ2n) is 8.97. The number of aliphatic imine (C=N–C) groups is 1. The van der Waals surface area contributed by atoms with Gasteiger partial charge in [0.1, 0.15) is 5.71 Å². The summed E-state index contributed by atoms with van der Waals surface area (Å²) in [6.07, 6.45) is 0.808. The number of halogens is 1. The molecule has 0 aromatic heterocycles. The van der Waals surface area contributed by atoms with E-state index < -0.39 is 0 Å². The van der Waals surface area contributed by atoms with Crippen molar-refractivity contribution in [1.82, 2.24) is 0 Å². The van der Waals surface area contributed by atoms with Crippen molar-refractivity contribution in [2.45, 2.75) is 38.1 Å². The number of hydrogen-bond donors (Lipinski definition) is 0. The topological polar surface area (TPSA) is 32.7 Å². The van der Waals surface area contributed by atoms with Crippen LogP contribution in [0.15, 0.2) is 77.8 Å². The van der Waals surface area contributed by atoms with Gasteiger partial charge in [-0.1, -0.05) is 67.1 Å². The van der Waals surface area contributed by atoms with Gasteiger partial charge < -0.3 is 4.90 Å². The first-order valence-corrected chi connectivity index (χ1v) is 10.6. The zero-order chi connectivity index (χ0) is 21.1. The largest absolute Gasteiger partial charge is 0.300 e. The van der Waals surface area contributed by atoms with Gasteiger partial charge in [0.05, 0.1) is 11.4 Å². The molecule has 0 aliphatic carbocycles. The van der Waals surface area contributed by atoms with Crippen LogP contribution in [-0.4, -0.2) is 17.2 Å². The van der Waals surface area contributed by atoms with Crippen LogP contribution >= 0.6 is 11.6 Å². The maximum Gasteiger partial charge on any atom is 0.278 e. The SMILES string of the molecule is CC1(C)C[C@](C)(c2ccc(Cl)cc2)c2cccc3c2N1C(=O)C3=Nc1ccccc1. The molecule has 4 heteroatoms. The molecule has 0 spiro atoms. The molecule has 5 rings (SSSR count). The fourth-order valence-corrected chi connectivity index (χ4v) is 5.30. The Balaban J connectivity index is 1.75. The first-order valence-electron chi connectivity index (χ1n) is 10.2. The van der Waals surface area contributed by atoms with Gasteiger partial charge in [-0.05, 0) is 55.7 Å². The normalized spacial score (nSPS) is 23.0. The Labute approximate surface area is 182 Å². The number of nitrogens with zero attached hydrogens (tertiary/aromatic N) is 2. The number of carbonyl (C=O) groups is 1. The van der Waals surface area contributed by atoms with Gasteiger partial charge in [-0.3, -0.25) is 4.79 Å². The number of hydrogen-bond acceptors (Lipinski definition) is 2. The summed E-state index contributed by atoms with van der Waals surface area (Å²) in [4.78, 5) is 20.3. The van der Waals surface area contributed by atoms with Crippen LogP contribution in [0.5, 0.6) is 0 Å². The molecule has 2 aliphatic heterocycles. The van der Waals surface area contributed by atoms with E-state index in [-0.39, 0.29) is 16.9 Å². The maximum absolute atomic E-state index is 13.6. The Morgan fingerprint density at radius 2 is 1.60 bits per heavy atom. The lowest BCUT2D eigenvalue weighted by molar-refractivity contribution is -0.113. The fourth-order valence-electron chi connectivity index (χ4n) is 5.18. The molecule has 0 radical (unpaired) electrons. The van der Waals surface area contributed by atoms with E-state index in [1.165, 1.54) is 5.56 Å². The van der Waals surface area contributed by atoms with Crippen LogP contribution in [0.25, 0.3) is 0 Å². The molecule has 0 saturated heterocycles. The number of amides is 1. The molecule has 3 aromatic carbocycles. The van der Waals surface area contributed by atoms with Crippen LogP contribution < -0.4 is 4.90 Å². The average molecular weight is 415 g/mol. The Morgan fingerprint density at radius 1 is 0.900 bits per heavy atom. The molecule has 150 valence electrons. The molecular formula is C26H23ClN2O. The Hall–Kier alpha value is -2.91. The van der Waals surface area contributed by atoms with Crippen LogP contribution in [0.1, 0.15) is 43.9 Å². The lowest BCUT2D eigenvalue weighted by Crippen LogP contribution is -2.54. The molecule has 0 saturated carbocycles. The summed E-state index contributed by atoms with van der Waals surface area (Å²) in [5, 5.41) is 0.727. The van der Waals surface area contributed by atoms with Crippen LogP contribution in [-0.2, 0) is 10.2 Å². The highest BCUT2D eigenvalue weighted by Gasteiger charge is 2.52. The summed E-state index contributed by atoms with van der Waals surface area (Å²) >= 11 is 6.16. The molecule has 3 aromatic rings.